The third-order valence-corrected chi connectivity index (χ3v) is 3.97. The summed E-state index contributed by atoms with van der Waals surface area (Å²) in [5, 5.41) is 0. The van der Waals surface area contributed by atoms with Gasteiger partial charge in [-0.3, -0.25) is 14.5 Å². The Bertz CT molecular complexity index is 595. The van der Waals surface area contributed by atoms with Crippen LogP contribution in [-0.2, 0) is 4.74 Å². The Morgan fingerprint density at radius 3 is 2.70 bits per heavy atom. The molecule has 5 heteroatoms. The Kier molecular flexibility index (Phi) is 2.83. The van der Waals surface area contributed by atoms with Crippen LogP contribution in [0, 0.1) is 0 Å². The summed E-state index contributed by atoms with van der Waals surface area (Å²) in [5.74, 6) is -0.581. The number of rotatable bonds is 2. The lowest BCUT2D eigenvalue weighted by molar-refractivity contribution is -0.0242. The van der Waals surface area contributed by atoms with Crippen LogP contribution in [0.15, 0.2) is 18.2 Å². The predicted octanol–water partition coefficient (Wildman–Crippen LogP) is 1.82. The Hall–Kier alpha value is -1.88. The number of fused-ring (bicyclic) bond motifs is 1. The molecule has 3 rings (SSSR count). The van der Waals surface area contributed by atoms with Crippen LogP contribution in [0.25, 0.3) is 0 Å². The van der Waals surface area contributed by atoms with E-state index < -0.39 is 0 Å². The van der Waals surface area contributed by atoms with Crippen molar-refractivity contribution >= 4 is 17.5 Å². The van der Waals surface area contributed by atoms with Crippen molar-refractivity contribution < 1.29 is 14.3 Å². The van der Waals surface area contributed by atoms with Crippen LogP contribution < -0.4 is 5.73 Å². The first-order chi connectivity index (χ1) is 9.39. The first-order valence-electron chi connectivity index (χ1n) is 6.81. The highest BCUT2D eigenvalue weighted by Crippen LogP contribution is 2.32. The van der Waals surface area contributed by atoms with Gasteiger partial charge in [-0.1, -0.05) is 6.07 Å². The van der Waals surface area contributed by atoms with Gasteiger partial charge in [0.05, 0.1) is 29.4 Å². The maximum Gasteiger partial charge on any atom is 0.263 e. The summed E-state index contributed by atoms with van der Waals surface area (Å²) in [4.78, 5) is 25.9. The average Bonchev–Trinajstić information content (AvgIpc) is 2.83. The number of nitrogens with zero attached hydrogens (tertiary/aromatic N) is 1. The summed E-state index contributed by atoms with van der Waals surface area (Å²) < 4.78 is 5.86. The van der Waals surface area contributed by atoms with Crippen LogP contribution in [0.2, 0.25) is 0 Å². The van der Waals surface area contributed by atoms with Crippen LogP contribution in [0.3, 0.4) is 0 Å². The highest BCUT2D eigenvalue weighted by molar-refractivity contribution is 6.23. The number of nitrogens with two attached hydrogens (primary N) is 1. The monoisotopic (exact) mass is 274 g/mol. The zero-order valence-corrected chi connectivity index (χ0v) is 11.7. The molecule has 5 nitrogen and oxygen atoms in total. The number of hydrogen-bond acceptors (Lipinski definition) is 4. The van der Waals surface area contributed by atoms with E-state index >= 15 is 0 Å². The standard InChI is InChI=1S/C15H18N2O3/c1-15(2)7-6-9(20-15)8-17-13(18)10-4-3-5-11(16)12(10)14(17)19/h3-5,9H,6-8,16H2,1-2H3. The number of anilines is 1. The number of imide groups is 1. The molecular formula is C15H18N2O3. The van der Waals surface area contributed by atoms with Gasteiger partial charge in [0.15, 0.2) is 0 Å². The van der Waals surface area contributed by atoms with E-state index in [2.05, 4.69) is 0 Å². The lowest BCUT2D eigenvalue weighted by Gasteiger charge is -2.22. The van der Waals surface area contributed by atoms with Gasteiger partial charge in [0.1, 0.15) is 0 Å². The smallest absolute Gasteiger partial charge is 0.263 e. The molecule has 2 aliphatic rings. The van der Waals surface area contributed by atoms with Crippen molar-refractivity contribution in [2.75, 3.05) is 12.3 Å². The van der Waals surface area contributed by atoms with E-state index in [4.69, 9.17) is 10.5 Å². The molecule has 0 aliphatic carbocycles. The molecule has 0 aromatic heterocycles. The maximum absolute atomic E-state index is 12.3. The zero-order chi connectivity index (χ0) is 14.5. The van der Waals surface area contributed by atoms with E-state index in [9.17, 15) is 9.59 Å². The molecule has 1 atom stereocenters. The molecular weight excluding hydrogens is 256 g/mol. The molecule has 0 bridgehead atoms. The molecule has 1 aromatic rings. The first-order valence-corrected chi connectivity index (χ1v) is 6.81. The second kappa shape index (κ2) is 4.31. The van der Waals surface area contributed by atoms with Gasteiger partial charge in [-0.15, -0.1) is 0 Å². The third-order valence-electron chi connectivity index (χ3n) is 3.97. The van der Waals surface area contributed by atoms with Crippen molar-refractivity contribution in [2.45, 2.75) is 38.4 Å². The molecule has 0 saturated carbocycles. The van der Waals surface area contributed by atoms with Crippen molar-refractivity contribution in [3.63, 3.8) is 0 Å². The van der Waals surface area contributed by atoms with Gasteiger partial charge in [-0.25, -0.2) is 0 Å². The Balaban J connectivity index is 1.82. The molecule has 106 valence electrons. The number of amides is 2. The SMILES string of the molecule is CC1(C)CCC(CN2C(=O)c3cccc(N)c3C2=O)O1. The Morgan fingerprint density at radius 2 is 2.10 bits per heavy atom. The molecule has 2 aliphatic heterocycles. The van der Waals surface area contributed by atoms with E-state index in [1.54, 1.807) is 18.2 Å². The highest BCUT2D eigenvalue weighted by atomic mass is 16.5. The molecule has 0 spiro atoms. The van der Waals surface area contributed by atoms with Crippen molar-refractivity contribution in [3.8, 4) is 0 Å². The number of benzene rings is 1. The highest BCUT2D eigenvalue weighted by Gasteiger charge is 2.40. The number of carbonyl (C=O) groups is 2. The minimum absolute atomic E-state index is 0.0894. The van der Waals surface area contributed by atoms with Crippen molar-refractivity contribution in [1.82, 2.24) is 4.90 Å². The van der Waals surface area contributed by atoms with Gasteiger partial charge in [-0.05, 0) is 38.8 Å². The van der Waals surface area contributed by atoms with Gasteiger partial charge < -0.3 is 10.5 Å². The van der Waals surface area contributed by atoms with Crippen LogP contribution in [0.4, 0.5) is 5.69 Å². The molecule has 1 fully saturated rings. The van der Waals surface area contributed by atoms with Crippen molar-refractivity contribution in [3.05, 3.63) is 29.3 Å². The second-order valence-electron chi connectivity index (χ2n) is 6.03. The molecule has 1 aromatic carbocycles. The van der Waals surface area contributed by atoms with E-state index in [0.717, 1.165) is 12.8 Å². The average molecular weight is 274 g/mol. The van der Waals surface area contributed by atoms with Crippen molar-refractivity contribution in [1.29, 1.82) is 0 Å². The van der Waals surface area contributed by atoms with Crippen molar-refractivity contribution in [2.24, 2.45) is 0 Å². The van der Waals surface area contributed by atoms with Crippen LogP contribution in [0.5, 0.6) is 0 Å². The van der Waals surface area contributed by atoms with Crippen LogP contribution in [-0.4, -0.2) is 35.0 Å². The number of nitrogen functional groups attached to an aromatic ring is 1. The fourth-order valence-electron chi connectivity index (χ4n) is 2.94. The summed E-state index contributed by atoms with van der Waals surface area (Å²) in [6, 6.07) is 4.98. The number of hydrogen-bond donors (Lipinski definition) is 1. The molecule has 2 N–H and O–H groups in total. The predicted molar refractivity (Wildman–Crippen MR) is 74.4 cm³/mol. The lowest BCUT2D eigenvalue weighted by Crippen LogP contribution is -2.37. The first kappa shape index (κ1) is 13.1. The minimum Gasteiger partial charge on any atom is -0.398 e. The van der Waals surface area contributed by atoms with E-state index in [-0.39, 0.29) is 23.5 Å². The summed E-state index contributed by atoms with van der Waals surface area (Å²) >= 11 is 0. The topological polar surface area (TPSA) is 72.6 Å². The number of ether oxygens (including phenoxy) is 1. The van der Waals surface area contributed by atoms with E-state index in [0.29, 0.717) is 23.4 Å². The molecule has 0 radical (unpaired) electrons. The zero-order valence-electron chi connectivity index (χ0n) is 11.7. The molecule has 20 heavy (non-hydrogen) atoms. The Morgan fingerprint density at radius 1 is 1.35 bits per heavy atom. The van der Waals surface area contributed by atoms with Crippen LogP contribution >= 0.6 is 0 Å². The van der Waals surface area contributed by atoms with Gasteiger partial charge in [0.25, 0.3) is 11.8 Å². The largest absolute Gasteiger partial charge is 0.398 e. The maximum atomic E-state index is 12.3. The fourth-order valence-corrected chi connectivity index (χ4v) is 2.94. The third kappa shape index (κ3) is 1.98. The van der Waals surface area contributed by atoms with E-state index in [1.165, 1.54) is 4.90 Å². The molecule has 1 unspecified atom stereocenters. The fraction of sp³-hybridized carbons (Fsp3) is 0.467. The van der Waals surface area contributed by atoms with Gasteiger partial charge >= 0.3 is 0 Å². The summed E-state index contributed by atoms with van der Waals surface area (Å²) in [5.41, 5.74) is 6.71. The van der Waals surface area contributed by atoms with Gasteiger partial charge in [0, 0.05) is 5.69 Å². The second-order valence-corrected chi connectivity index (χ2v) is 6.03. The minimum atomic E-state index is -0.309. The normalized spacial score (nSPS) is 24.3. The summed E-state index contributed by atoms with van der Waals surface area (Å²) in [6.45, 7) is 4.34. The van der Waals surface area contributed by atoms with Crippen LogP contribution in [0.1, 0.15) is 47.4 Å². The molecule has 1 saturated heterocycles. The molecule has 2 amide bonds. The summed E-state index contributed by atoms with van der Waals surface area (Å²) in [6.07, 6.45) is 1.70. The van der Waals surface area contributed by atoms with Gasteiger partial charge in [-0.2, -0.15) is 0 Å². The molecule has 2 heterocycles. The summed E-state index contributed by atoms with van der Waals surface area (Å²) in [7, 11) is 0. The van der Waals surface area contributed by atoms with Gasteiger partial charge in [0.2, 0.25) is 0 Å². The lowest BCUT2D eigenvalue weighted by atomic mass is 10.1. The Labute approximate surface area is 117 Å². The van der Waals surface area contributed by atoms with E-state index in [1.807, 2.05) is 13.8 Å². The number of carbonyl (C=O) groups excluding carboxylic acids is 2. The quantitative estimate of drug-likeness (QED) is 0.659.